The number of fused-ring (bicyclic) bond motifs is 1. The number of carbonyl (C=O) groups excluding carboxylic acids is 4. The van der Waals surface area contributed by atoms with Crippen LogP contribution in [0.3, 0.4) is 0 Å². The van der Waals surface area contributed by atoms with E-state index in [2.05, 4.69) is 10.6 Å². The molecule has 0 bridgehead atoms. The molecule has 9 heteroatoms. The topological polar surface area (TPSA) is 105 Å². The van der Waals surface area contributed by atoms with Gasteiger partial charge in [0.05, 0.1) is 36.0 Å². The van der Waals surface area contributed by atoms with E-state index in [1.54, 1.807) is 36.4 Å². The summed E-state index contributed by atoms with van der Waals surface area (Å²) in [6.07, 6.45) is 0. The lowest BCUT2D eigenvalue weighted by Gasteiger charge is -2.16. The first-order chi connectivity index (χ1) is 16.3. The van der Waals surface area contributed by atoms with Crippen molar-refractivity contribution in [2.75, 3.05) is 17.7 Å². The number of carbonyl (C=O) groups is 4. The number of nitrogens with one attached hydrogen (secondary N) is 2. The average molecular weight is 461 g/mol. The summed E-state index contributed by atoms with van der Waals surface area (Å²) in [6.45, 7) is 1.22. The maximum Gasteiger partial charge on any atom is 0.261 e. The van der Waals surface area contributed by atoms with Gasteiger partial charge in [-0.3, -0.25) is 24.1 Å². The summed E-state index contributed by atoms with van der Waals surface area (Å²) in [5.74, 6) is -2.19. The van der Waals surface area contributed by atoms with Crippen molar-refractivity contribution in [2.24, 2.45) is 0 Å². The Labute approximate surface area is 194 Å². The summed E-state index contributed by atoms with van der Waals surface area (Å²) in [5.41, 5.74) is 1.55. The number of methoxy groups -OCH3 is 1. The van der Waals surface area contributed by atoms with Crippen LogP contribution in [0.15, 0.2) is 60.7 Å². The summed E-state index contributed by atoms with van der Waals surface area (Å²) in [6, 6.07) is 15.1. The molecule has 3 aromatic rings. The predicted molar refractivity (Wildman–Crippen MR) is 122 cm³/mol. The van der Waals surface area contributed by atoms with Crippen molar-refractivity contribution in [3.63, 3.8) is 0 Å². The largest absolute Gasteiger partial charge is 0.496 e. The molecule has 34 heavy (non-hydrogen) atoms. The van der Waals surface area contributed by atoms with E-state index >= 15 is 0 Å². The second-order valence-electron chi connectivity index (χ2n) is 7.61. The Morgan fingerprint density at radius 1 is 0.941 bits per heavy atom. The number of imide groups is 1. The molecule has 1 aliphatic heterocycles. The zero-order valence-electron chi connectivity index (χ0n) is 18.3. The fourth-order valence-electron chi connectivity index (χ4n) is 3.68. The van der Waals surface area contributed by atoms with Crippen molar-refractivity contribution in [2.45, 2.75) is 13.5 Å². The molecular formula is C25H20FN3O5. The summed E-state index contributed by atoms with van der Waals surface area (Å²) in [4.78, 5) is 50.7. The number of anilines is 2. The maximum atomic E-state index is 13.9. The molecule has 0 unspecified atom stereocenters. The number of hydrogen-bond acceptors (Lipinski definition) is 5. The quantitative estimate of drug-likeness (QED) is 0.543. The fourth-order valence-corrected chi connectivity index (χ4v) is 3.68. The van der Waals surface area contributed by atoms with Crippen LogP contribution in [0.4, 0.5) is 15.8 Å². The van der Waals surface area contributed by atoms with E-state index < -0.39 is 29.4 Å². The molecule has 0 saturated heterocycles. The Bertz CT molecular complexity index is 1300. The van der Waals surface area contributed by atoms with Gasteiger partial charge in [-0.1, -0.05) is 18.2 Å². The van der Waals surface area contributed by atoms with Crippen molar-refractivity contribution >= 4 is 35.0 Å². The molecule has 1 aliphatic rings. The van der Waals surface area contributed by atoms with Crippen molar-refractivity contribution in [3.05, 3.63) is 88.7 Å². The van der Waals surface area contributed by atoms with Gasteiger partial charge in [-0.25, -0.2) is 4.39 Å². The zero-order valence-corrected chi connectivity index (χ0v) is 18.3. The summed E-state index contributed by atoms with van der Waals surface area (Å²) < 4.78 is 19.2. The number of hydrogen-bond donors (Lipinski definition) is 2. The Morgan fingerprint density at radius 2 is 1.62 bits per heavy atom. The van der Waals surface area contributed by atoms with E-state index in [1.165, 1.54) is 32.2 Å². The minimum Gasteiger partial charge on any atom is -0.496 e. The van der Waals surface area contributed by atoms with Gasteiger partial charge in [0.1, 0.15) is 11.6 Å². The summed E-state index contributed by atoms with van der Waals surface area (Å²) in [7, 11) is 1.41. The van der Waals surface area contributed by atoms with E-state index in [0.717, 1.165) is 11.0 Å². The second-order valence-corrected chi connectivity index (χ2v) is 7.61. The minimum atomic E-state index is -0.645. The van der Waals surface area contributed by atoms with Crippen LogP contribution in [0.1, 0.15) is 43.6 Å². The Kier molecular flexibility index (Phi) is 6.09. The molecule has 0 fully saturated rings. The molecule has 0 aliphatic carbocycles. The van der Waals surface area contributed by atoms with Gasteiger partial charge >= 0.3 is 0 Å². The van der Waals surface area contributed by atoms with Crippen LogP contribution in [-0.4, -0.2) is 35.6 Å². The predicted octanol–water partition coefficient (Wildman–Crippen LogP) is 3.84. The van der Waals surface area contributed by atoms with Gasteiger partial charge in [0, 0.05) is 12.6 Å². The van der Waals surface area contributed by atoms with E-state index in [9.17, 15) is 23.6 Å². The molecule has 0 spiro atoms. The van der Waals surface area contributed by atoms with Crippen molar-refractivity contribution < 1.29 is 28.3 Å². The molecule has 172 valence electrons. The van der Waals surface area contributed by atoms with E-state index in [1.807, 2.05) is 0 Å². The Hall–Kier alpha value is -4.53. The van der Waals surface area contributed by atoms with Crippen molar-refractivity contribution in [1.29, 1.82) is 0 Å². The zero-order chi connectivity index (χ0) is 24.4. The first kappa shape index (κ1) is 22.7. The number of ether oxygens (including phenoxy) is 1. The third kappa shape index (κ3) is 4.36. The van der Waals surface area contributed by atoms with Crippen LogP contribution in [0.25, 0.3) is 0 Å². The first-order valence-electron chi connectivity index (χ1n) is 10.3. The van der Waals surface area contributed by atoms with E-state index in [0.29, 0.717) is 16.7 Å². The summed E-state index contributed by atoms with van der Waals surface area (Å²) in [5, 5.41) is 5.00. The third-order valence-electron chi connectivity index (χ3n) is 5.26. The van der Waals surface area contributed by atoms with Crippen LogP contribution >= 0.6 is 0 Å². The standard InChI is InChI=1S/C25H20FN3O5/c1-14(30)27-21-12-16(8-9-20(21)26)28-23(31)19-11-15(7-10-22(19)34-2)13-29-24(32)17-5-3-4-6-18(17)25(29)33/h3-12H,13H2,1-2H3,(H,27,30)(H,28,31). The highest BCUT2D eigenvalue weighted by atomic mass is 19.1. The van der Waals surface area contributed by atoms with Gasteiger partial charge in [0.15, 0.2) is 0 Å². The number of rotatable bonds is 6. The second kappa shape index (κ2) is 9.14. The summed E-state index contributed by atoms with van der Waals surface area (Å²) >= 11 is 0. The van der Waals surface area contributed by atoms with Crippen LogP contribution < -0.4 is 15.4 Å². The number of nitrogens with zero attached hydrogens (tertiary/aromatic N) is 1. The van der Waals surface area contributed by atoms with E-state index in [-0.39, 0.29) is 29.2 Å². The molecule has 0 saturated carbocycles. The molecule has 3 aromatic carbocycles. The molecule has 8 nitrogen and oxygen atoms in total. The normalized spacial score (nSPS) is 12.4. The van der Waals surface area contributed by atoms with Gasteiger partial charge in [-0.2, -0.15) is 0 Å². The highest BCUT2D eigenvalue weighted by Crippen LogP contribution is 2.27. The monoisotopic (exact) mass is 461 g/mol. The third-order valence-corrected chi connectivity index (χ3v) is 5.26. The van der Waals surface area contributed by atoms with Gasteiger partial charge < -0.3 is 15.4 Å². The molecule has 2 N–H and O–H groups in total. The lowest BCUT2D eigenvalue weighted by molar-refractivity contribution is -0.114. The SMILES string of the molecule is COc1ccc(CN2C(=O)c3ccccc3C2=O)cc1C(=O)Nc1ccc(F)c(NC(C)=O)c1. The minimum absolute atomic E-state index is 0.0279. The number of halogens is 1. The number of amides is 4. The fraction of sp³-hybridized carbons (Fsp3) is 0.120. The molecule has 0 atom stereocenters. The molecule has 0 radical (unpaired) electrons. The molecule has 4 rings (SSSR count). The molecular weight excluding hydrogens is 441 g/mol. The van der Waals surface area contributed by atoms with Gasteiger partial charge in [0.25, 0.3) is 17.7 Å². The van der Waals surface area contributed by atoms with E-state index in [4.69, 9.17) is 4.74 Å². The lowest BCUT2D eigenvalue weighted by Crippen LogP contribution is -2.29. The van der Waals surface area contributed by atoms with Crippen LogP contribution in [0.2, 0.25) is 0 Å². The van der Waals surface area contributed by atoms with Crippen LogP contribution in [0, 0.1) is 5.82 Å². The maximum absolute atomic E-state index is 13.9. The smallest absolute Gasteiger partial charge is 0.261 e. The molecule has 0 aromatic heterocycles. The van der Waals surface area contributed by atoms with Gasteiger partial charge in [-0.15, -0.1) is 0 Å². The molecule has 1 heterocycles. The lowest BCUT2D eigenvalue weighted by atomic mass is 10.1. The highest BCUT2D eigenvalue weighted by molar-refractivity contribution is 6.21. The van der Waals surface area contributed by atoms with Crippen molar-refractivity contribution in [3.8, 4) is 5.75 Å². The number of benzene rings is 3. The van der Waals surface area contributed by atoms with Crippen LogP contribution in [-0.2, 0) is 11.3 Å². The Balaban J connectivity index is 1.58. The molecule has 4 amide bonds. The highest BCUT2D eigenvalue weighted by Gasteiger charge is 2.35. The Morgan fingerprint density at radius 3 is 2.24 bits per heavy atom. The van der Waals surface area contributed by atoms with Gasteiger partial charge in [-0.05, 0) is 48.0 Å². The average Bonchev–Trinajstić information content (AvgIpc) is 3.06. The van der Waals surface area contributed by atoms with Crippen LogP contribution in [0.5, 0.6) is 5.75 Å². The van der Waals surface area contributed by atoms with Gasteiger partial charge in [0.2, 0.25) is 5.91 Å². The first-order valence-corrected chi connectivity index (χ1v) is 10.3. The van der Waals surface area contributed by atoms with Crippen molar-refractivity contribution in [1.82, 2.24) is 4.90 Å².